The van der Waals surface area contributed by atoms with Gasteiger partial charge in [-0.3, -0.25) is 9.80 Å². The van der Waals surface area contributed by atoms with Crippen LogP contribution in [-0.4, -0.2) is 24.0 Å². The van der Waals surface area contributed by atoms with E-state index in [2.05, 4.69) is 26.2 Å². The van der Waals surface area contributed by atoms with Crippen molar-refractivity contribution in [2.24, 2.45) is 5.41 Å². The lowest BCUT2D eigenvalue weighted by Crippen LogP contribution is -2.50. The SMILES string of the molecule is CC(C)(C)CN1NCCCC1=O. The van der Waals surface area contributed by atoms with Crippen LogP contribution in [-0.2, 0) is 4.79 Å². The fourth-order valence-corrected chi connectivity index (χ4v) is 1.30. The van der Waals surface area contributed by atoms with E-state index in [1.54, 1.807) is 5.01 Å². The molecule has 1 rings (SSSR count). The largest absolute Gasteiger partial charge is 0.278 e. The number of nitrogens with one attached hydrogen (secondary N) is 1. The van der Waals surface area contributed by atoms with Crippen LogP contribution in [0.5, 0.6) is 0 Å². The van der Waals surface area contributed by atoms with Crippen LogP contribution in [0.25, 0.3) is 0 Å². The zero-order valence-electron chi connectivity index (χ0n) is 8.18. The molecule has 0 aliphatic carbocycles. The second kappa shape index (κ2) is 3.44. The lowest BCUT2D eigenvalue weighted by Gasteiger charge is -2.33. The van der Waals surface area contributed by atoms with Crippen molar-refractivity contribution in [2.45, 2.75) is 33.6 Å². The maximum absolute atomic E-state index is 11.3. The van der Waals surface area contributed by atoms with Gasteiger partial charge in [-0.25, -0.2) is 5.43 Å². The Hall–Kier alpha value is -0.570. The third-order valence-electron chi connectivity index (χ3n) is 1.80. The molecule has 1 aliphatic rings. The Morgan fingerprint density at radius 1 is 1.50 bits per heavy atom. The Labute approximate surface area is 74.1 Å². The minimum atomic E-state index is 0.181. The van der Waals surface area contributed by atoms with Gasteiger partial charge in [0.05, 0.1) is 0 Å². The Bertz CT molecular complexity index is 172. The standard InChI is InChI=1S/C9H18N2O/c1-9(2,3)7-11-8(12)5-4-6-10-11/h10H,4-7H2,1-3H3. The van der Waals surface area contributed by atoms with Crippen LogP contribution >= 0.6 is 0 Å². The van der Waals surface area contributed by atoms with Gasteiger partial charge in [0, 0.05) is 19.5 Å². The summed E-state index contributed by atoms with van der Waals surface area (Å²) >= 11 is 0. The maximum Gasteiger partial charge on any atom is 0.236 e. The zero-order valence-corrected chi connectivity index (χ0v) is 8.18. The molecule has 0 spiro atoms. The van der Waals surface area contributed by atoms with E-state index in [-0.39, 0.29) is 11.3 Å². The highest BCUT2D eigenvalue weighted by atomic mass is 16.2. The lowest BCUT2D eigenvalue weighted by atomic mass is 9.96. The summed E-state index contributed by atoms with van der Waals surface area (Å²) in [6, 6.07) is 0. The molecule has 1 saturated heterocycles. The van der Waals surface area contributed by atoms with Gasteiger partial charge in [0.1, 0.15) is 0 Å². The average Bonchev–Trinajstić information content (AvgIpc) is 1.91. The molecule has 0 aromatic rings. The van der Waals surface area contributed by atoms with Crippen molar-refractivity contribution in [1.29, 1.82) is 0 Å². The van der Waals surface area contributed by atoms with Gasteiger partial charge in [-0.1, -0.05) is 20.8 Å². The van der Waals surface area contributed by atoms with Gasteiger partial charge >= 0.3 is 0 Å². The lowest BCUT2D eigenvalue weighted by molar-refractivity contribution is -0.138. The number of hydrogen-bond donors (Lipinski definition) is 1. The van der Waals surface area contributed by atoms with Crippen molar-refractivity contribution in [3.05, 3.63) is 0 Å². The van der Waals surface area contributed by atoms with Crippen LogP contribution in [0.1, 0.15) is 33.6 Å². The summed E-state index contributed by atoms with van der Waals surface area (Å²) in [5.74, 6) is 0.233. The fourth-order valence-electron chi connectivity index (χ4n) is 1.30. The number of hydrogen-bond acceptors (Lipinski definition) is 2. The van der Waals surface area contributed by atoms with Gasteiger partial charge in [0.2, 0.25) is 5.91 Å². The molecule has 70 valence electrons. The Morgan fingerprint density at radius 2 is 2.17 bits per heavy atom. The van der Waals surface area contributed by atoms with Crippen LogP contribution in [0, 0.1) is 5.41 Å². The fraction of sp³-hybridized carbons (Fsp3) is 0.889. The predicted molar refractivity (Wildman–Crippen MR) is 48.4 cm³/mol. The molecule has 1 N–H and O–H groups in total. The van der Waals surface area contributed by atoms with E-state index in [1.807, 2.05) is 0 Å². The molecule has 3 heteroatoms. The molecule has 1 heterocycles. The van der Waals surface area contributed by atoms with Gasteiger partial charge in [0.25, 0.3) is 0 Å². The van der Waals surface area contributed by atoms with Crippen LogP contribution in [0.15, 0.2) is 0 Å². The number of nitrogens with zero attached hydrogens (tertiary/aromatic N) is 1. The third-order valence-corrected chi connectivity index (χ3v) is 1.80. The monoisotopic (exact) mass is 170 g/mol. The molecular weight excluding hydrogens is 152 g/mol. The molecule has 3 nitrogen and oxygen atoms in total. The first-order valence-electron chi connectivity index (χ1n) is 4.53. The molecule has 0 bridgehead atoms. The highest BCUT2D eigenvalue weighted by molar-refractivity contribution is 5.76. The molecule has 1 aliphatic heterocycles. The molecule has 0 aromatic carbocycles. The molecule has 0 atom stereocenters. The summed E-state index contributed by atoms with van der Waals surface area (Å²) in [5, 5.41) is 1.75. The molecule has 1 amide bonds. The predicted octanol–water partition coefficient (Wildman–Crippen LogP) is 1.16. The summed E-state index contributed by atoms with van der Waals surface area (Å²) in [6.07, 6.45) is 1.67. The molecule has 0 saturated carbocycles. The normalized spacial score (nSPS) is 19.9. The Kier molecular flexibility index (Phi) is 2.73. The summed E-state index contributed by atoms with van der Waals surface area (Å²) in [5.41, 5.74) is 3.29. The molecule has 12 heavy (non-hydrogen) atoms. The van der Waals surface area contributed by atoms with Crippen LogP contribution in [0.4, 0.5) is 0 Å². The first kappa shape index (κ1) is 9.52. The van der Waals surface area contributed by atoms with E-state index < -0.39 is 0 Å². The molecule has 0 aromatic heterocycles. The van der Waals surface area contributed by atoms with Crippen molar-refractivity contribution in [2.75, 3.05) is 13.1 Å². The van der Waals surface area contributed by atoms with E-state index in [0.717, 1.165) is 19.5 Å². The van der Waals surface area contributed by atoms with Crippen molar-refractivity contribution in [1.82, 2.24) is 10.4 Å². The van der Waals surface area contributed by atoms with Crippen molar-refractivity contribution in [3.63, 3.8) is 0 Å². The van der Waals surface area contributed by atoms with Crippen molar-refractivity contribution < 1.29 is 4.79 Å². The van der Waals surface area contributed by atoms with E-state index >= 15 is 0 Å². The van der Waals surface area contributed by atoms with E-state index in [0.29, 0.717) is 6.42 Å². The number of amides is 1. The summed E-state index contributed by atoms with van der Waals surface area (Å²) < 4.78 is 0. The average molecular weight is 170 g/mol. The maximum atomic E-state index is 11.3. The van der Waals surface area contributed by atoms with Crippen LogP contribution in [0.2, 0.25) is 0 Å². The second-order valence-electron chi connectivity index (χ2n) is 4.55. The Morgan fingerprint density at radius 3 is 2.67 bits per heavy atom. The topological polar surface area (TPSA) is 32.3 Å². The molecule has 0 radical (unpaired) electrons. The number of hydrazine groups is 1. The van der Waals surface area contributed by atoms with Gasteiger partial charge < -0.3 is 0 Å². The highest BCUT2D eigenvalue weighted by Crippen LogP contribution is 2.16. The smallest absolute Gasteiger partial charge is 0.236 e. The summed E-state index contributed by atoms with van der Waals surface area (Å²) in [4.78, 5) is 11.3. The first-order valence-corrected chi connectivity index (χ1v) is 4.53. The minimum Gasteiger partial charge on any atom is -0.278 e. The van der Waals surface area contributed by atoms with Crippen LogP contribution < -0.4 is 5.43 Å². The van der Waals surface area contributed by atoms with Gasteiger partial charge in [-0.15, -0.1) is 0 Å². The third kappa shape index (κ3) is 2.81. The highest BCUT2D eigenvalue weighted by Gasteiger charge is 2.22. The molecule has 0 unspecified atom stereocenters. The van der Waals surface area contributed by atoms with Crippen LogP contribution in [0.3, 0.4) is 0 Å². The van der Waals surface area contributed by atoms with Crippen molar-refractivity contribution in [3.8, 4) is 0 Å². The second-order valence-corrected chi connectivity index (χ2v) is 4.55. The summed E-state index contributed by atoms with van der Waals surface area (Å²) in [6.45, 7) is 8.14. The summed E-state index contributed by atoms with van der Waals surface area (Å²) in [7, 11) is 0. The van der Waals surface area contributed by atoms with E-state index in [9.17, 15) is 4.79 Å². The van der Waals surface area contributed by atoms with Gasteiger partial charge in [-0.05, 0) is 11.8 Å². The van der Waals surface area contributed by atoms with Crippen molar-refractivity contribution >= 4 is 5.91 Å². The number of rotatable bonds is 1. The number of carbonyl (C=O) groups is 1. The van der Waals surface area contributed by atoms with Gasteiger partial charge in [-0.2, -0.15) is 0 Å². The molecular formula is C9H18N2O. The van der Waals surface area contributed by atoms with E-state index in [1.165, 1.54) is 0 Å². The molecule has 1 fully saturated rings. The Balaban J connectivity index is 2.45. The zero-order chi connectivity index (χ0) is 9.19. The quantitative estimate of drug-likeness (QED) is 0.640. The van der Waals surface area contributed by atoms with E-state index in [4.69, 9.17) is 0 Å². The van der Waals surface area contributed by atoms with Gasteiger partial charge in [0.15, 0.2) is 0 Å². The minimum absolute atomic E-state index is 0.181. The number of carbonyl (C=O) groups excluding carboxylic acids is 1. The first-order chi connectivity index (χ1) is 5.49.